The molecule has 0 heterocycles. The summed E-state index contributed by atoms with van der Waals surface area (Å²) in [4.78, 5) is 0. The summed E-state index contributed by atoms with van der Waals surface area (Å²) >= 11 is 6.25. The first-order valence-corrected chi connectivity index (χ1v) is 7.09. The van der Waals surface area contributed by atoms with Crippen molar-refractivity contribution in [3.8, 4) is 5.75 Å². The van der Waals surface area contributed by atoms with Crippen molar-refractivity contribution in [2.45, 2.75) is 59.2 Å². The second-order valence-corrected chi connectivity index (χ2v) is 5.38. The Bertz CT molecular complexity index is 366. The fraction of sp³-hybridized carbons (Fsp3) is 0.600. The standard InChI is InChI=1S/C15H24ClNO/c1-5-7-12(4)18-15-9-6-8-14(16)13(15)10-17-11(2)3/h6,8-9,11-12,17H,5,7,10H2,1-4H3. The predicted molar refractivity (Wildman–Crippen MR) is 78.4 cm³/mol. The molecule has 1 unspecified atom stereocenters. The number of benzene rings is 1. The van der Waals surface area contributed by atoms with Gasteiger partial charge in [0.1, 0.15) is 5.75 Å². The summed E-state index contributed by atoms with van der Waals surface area (Å²) in [6.45, 7) is 9.25. The topological polar surface area (TPSA) is 21.3 Å². The molecule has 0 aliphatic carbocycles. The zero-order valence-electron chi connectivity index (χ0n) is 11.8. The van der Waals surface area contributed by atoms with E-state index in [1.165, 1.54) is 0 Å². The third kappa shape index (κ3) is 4.87. The van der Waals surface area contributed by atoms with E-state index in [1.807, 2.05) is 18.2 Å². The lowest BCUT2D eigenvalue weighted by Crippen LogP contribution is -2.23. The van der Waals surface area contributed by atoms with E-state index in [9.17, 15) is 0 Å². The Morgan fingerprint density at radius 2 is 2.00 bits per heavy atom. The van der Waals surface area contributed by atoms with E-state index in [2.05, 4.69) is 33.0 Å². The molecule has 0 aliphatic rings. The summed E-state index contributed by atoms with van der Waals surface area (Å²) < 4.78 is 5.97. The van der Waals surface area contributed by atoms with Crippen LogP contribution in [0.5, 0.6) is 5.75 Å². The number of rotatable bonds is 7. The average Bonchev–Trinajstić information content (AvgIpc) is 2.28. The van der Waals surface area contributed by atoms with Gasteiger partial charge in [0.2, 0.25) is 0 Å². The first kappa shape index (κ1) is 15.3. The van der Waals surface area contributed by atoms with Crippen LogP contribution < -0.4 is 10.1 Å². The van der Waals surface area contributed by atoms with Gasteiger partial charge in [-0.3, -0.25) is 0 Å². The maximum absolute atomic E-state index is 6.25. The molecule has 1 rings (SSSR count). The summed E-state index contributed by atoms with van der Waals surface area (Å²) in [5.41, 5.74) is 1.05. The number of hydrogen-bond acceptors (Lipinski definition) is 2. The molecule has 0 radical (unpaired) electrons. The van der Waals surface area contributed by atoms with Gasteiger partial charge < -0.3 is 10.1 Å². The Labute approximate surface area is 116 Å². The van der Waals surface area contributed by atoms with Gasteiger partial charge in [0, 0.05) is 23.2 Å². The predicted octanol–water partition coefficient (Wildman–Crippen LogP) is 4.41. The van der Waals surface area contributed by atoms with Crippen molar-refractivity contribution >= 4 is 11.6 Å². The van der Waals surface area contributed by atoms with Gasteiger partial charge in [-0.25, -0.2) is 0 Å². The largest absolute Gasteiger partial charge is 0.490 e. The molecular weight excluding hydrogens is 246 g/mol. The summed E-state index contributed by atoms with van der Waals surface area (Å²) in [6, 6.07) is 6.28. The van der Waals surface area contributed by atoms with Crippen LogP contribution in [0.2, 0.25) is 5.02 Å². The molecule has 3 heteroatoms. The van der Waals surface area contributed by atoms with Crippen LogP contribution in [0.4, 0.5) is 0 Å². The van der Waals surface area contributed by atoms with Crippen LogP contribution in [0.1, 0.15) is 46.1 Å². The van der Waals surface area contributed by atoms with Crippen molar-refractivity contribution in [3.63, 3.8) is 0 Å². The molecule has 2 nitrogen and oxygen atoms in total. The molecule has 1 aromatic carbocycles. The molecule has 0 saturated heterocycles. The average molecular weight is 270 g/mol. The lowest BCUT2D eigenvalue weighted by atomic mass is 10.1. The minimum Gasteiger partial charge on any atom is -0.490 e. The van der Waals surface area contributed by atoms with E-state index in [0.717, 1.165) is 35.7 Å². The SMILES string of the molecule is CCCC(C)Oc1cccc(Cl)c1CNC(C)C. The highest BCUT2D eigenvalue weighted by atomic mass is 35.5. The molecule has 0 fully saturated rings. The molecule has 1 aromatic rings. The fourth-order valence-corrected chi connectivity index (χ4v) is 2.04. The number of nitrogens with one attached hydrogen (secondary N) is 1. The Hall–Kier alpha value is -0.730. The van der Waals surface area contributed by atoms with E-state index in [1.54, 1.807) is 0 Å². The minimum absolute atomic E-state index is 0.228. The number of ether oxygens (including phenoxy) is 1. The van der Waals surface area contributed by atoms with Crippen LogP contribution in [0.3, 0.4) is 0 Å². The van der Waals surface area contributed by atoms with E-state index in [-0.39, 0.29) is 6.10 Å². The molecule has 0 amide bonds. The highest BCUT2D eigenvalue weighted by Gasteiger charge is 2.11. The maximum atomic E-state index is 6.25. The van der Waals surface area contributed by atoms with Crippen LogP contribution >= 0.6 is 11.6 Å². The van der Waals surface area contributed by atoms with Crippen LogP contribution in [-0.2, 0) is 6.54 Å². The lowest BCUT2D eigenvalue weighted by Gasteiger charge is -2.19. The van der Waals surface area contributed by atoms with Crippen molar-refractivity contribution < 1.29 is 4.74 Å². The van der Waals surface area contributed by atoms with E-state index in [4.69, 9.17) is 16.3 Å². The van der Waals surface area contributed by atoms with Crippen LogP contribution in [0.15, 0.2) is 18.2 Å². The summed E-state index contributed by atoms with van der Waals surface area (Å²) in [5.74, 6) is 0.900. The van der Waals surface area contributed by atoms with Gasteiger partial charge in [-0.2, -0.15) is 0 Å². The zero-order chi connectivity index (χ0) is 13.5. The van der Waals surface area contributed by atoms with Crippen LogP contribution in [0, 0.1) is 0 Å². The molecule has 0 saturated carbocycles. The van der Waals surface area contributed by atoms with Crippen molar-refractivity contribution in [1.82, 2.24) is 5.32 Å². The van der Waals surface area contributed by atoms with Crippen LogP contribution in [0.25, 0.3) is 0 Å². The minimum atomic E-state index is 0.228. The van der Waals surface area contributed by atoms with Crippen molar-refractivity contribution in [2.75, 3.05) is 0 Å². The second-order valence-electron chi connectivity index (χ2n) is 4.97. The molecular formula is C15H24ClNO. The third-order valence-electron chi connectivity index (χ3n) is 2.79. The van der Waals surface area contributed by atoms with E-state index >= 15 is 0 Å². The zero-order valence-corrected chi connectivity index (χ0v) is 12.6. The lowest BCUT2D eigenvalue weighted by molar-refractivity contribution is 0.207. The van der Waals surface area contributed by atoms with Crippen molar-refractivity contribution in [2.24, 2.45) is 0 Å². The second kappa shape index (κ2) is 7.65. The highest BCUT2D eigenvalue weighted by Crippen LogP contribution is 2.27. The molecule has 18 heavy (non-hydrogen) atoms. The van der Waals surface area contributed by atoms with Crippen molar-refractivity contribution in [1.29, 1.82) is 0 Å². The van der Waals surface area contributed by atoms with Gasteiger partial charge in [-0.1, -0.05) is 44.9 Å². The number of hydrogen-bond donors (Lipinski definition) is 1. The Morgan fingerprint density at radius 3 is 2.61 bits per heavy atom. The quantitative estimate of drug-likeness (QED) is 0.792. The molecule has 1 atom stereocenters. The summed E-state index contributed by atoms with van der Waals surface area (Å²) in [7, 11) is 0. The van der Waals surface area contributed by atoms with E-state index in [0.29, 0.717) is 6.04 Å². The van der Waals surface area contributed by atoms with Crippen molar-refractivity contribution in [3.05, 3.63) is 28.8 Å². The van der Waals surface area contributed by atoms with Gasteiger partial charge in [0.15, 0.2) is 0 Å². The Kier molecular flexibility index (Phi) is 6.51. The smallest absolute Gasteiger partial charge is 0.125 e. The molecule has 0 spiro atoms. The highest BCUT2D eigenvalue weighted by molar-refractivity contribution is 6.31. The Balaban J connectivity index is 2.79. The van der Waals surface area contributed by atoms with Gasteiger partial charge in [-0.05, 0) is 25.5 Å². The summed E-state index contributed by atoms with van der Waals surface area (Å²) in [5, 5.41) is 4.15. The maximum Gasteiger partial charge on any atom is 0.125 e. The normalized spacial score (nSPS) is 12.8. The first-order valence-electron chi connectivity index (χ1n) is 6.72. The molecule has 102 valence electrons. The first-order chi connectivity index (χ1) is 8.54. The molecule has 0 bridgehead atoms. The van der Waals surface area contributed by atoms with Crippen LogP contribution in [-0.4, -0.2) is 12.1 Å². The number of halogens is 1. The third-order valence-corrected chi connectivity index (χ3v) is 3.14. The Morgan fingerprint density at radius 1 is 1.28 bits per heavy atom. The summed E-state index contributed by atoms with van der Waals surface area (Å²) in [6.07, 6.45) is 2.41. The fourth-order valence-electron chi connectivity index (χ4n) is 1.81. The van der Waals surface area contributed by atoms with Gasteiger partial charge in [0.05, 0.1) is 6.10 Å². The van der Waals surface area contributed by atoms with E-state index < -0.39 is 0 Å². The van der Waals surface area contributed by atoms with Gasteiger partial charge in [-0.15, -0.1) is 0 Å². The monoisotopic (exact) mass is 269 g/mol. The molecule has 0 aliphatic heterocycles. The molecule has 1 N–H and O–H groups in total. The molecule has 0 aromatic heterocycles. The van der Waals surface area contributed by atoms with Gasteiger partial charge >= 0.3 is 0 Å². The van der Waals surface area contributed by atoms with Gasteiger partial charge in [0.25, 0.3) is 0 Å².